The van der Waals surface area contributed by atoms with E-state index in [0.29, 0.717) is 24.1 Å². The maximum atomic E-state index is 13.2. The number of primary amides is 1. The van der Waals surface area contributed by atoms with E-state index in [1.807, 2.05) is 50.6 Å². The summed E-state index contributed by atoms with van der Waals surface area (Å²) < 4.78 is 11.3. The molecule has 0 bridgehead atoms. The fourth-order valence-electron chi connectivity index (χ4n) is 5.33. The summed E-state index contributed by atoms with van der Waals surface area (Å²) in [6, 6.07) is 9.67. The van der Waals surface area contributed by atoms with E-state index >= 15 is 0 Å². The minimum Gasteiger partial charge on any atom is -0.474 e. The summed E-state index contributed by atoms with van der Waals surface area (Å²) in [5.74, 6) is -0.526. The van der Waals surface area contributed by atoms with E-state index in [9.17, 15) is 9.59 Å². The summed E-state index contributed by atoms with van der Waals surface area (Å²) in [4.78, 5) is 29.7. The number of carbonyl (C=O) groups excluding carboxylic acids is 2. The molecule has 1 saturated carbocycles. The zero-order valence-electron chi connectivity index (χ0n) is 23.1. The van der Waals surface area contributed by atoms with Crippen LogP contribution < -0.4 is 15.8 Å². The van der Waals surface area contributed by atoms with E-state index in [2.05, 4.69) is 25.6 Å². The molecule has 1 fully saturated rings. The first-order chi connectivity index (χ1) is 19.8. The van der Waals surface area contributed by atoms with Crippen molar-refractivity contribution in [2.45, 2.75) is 44.8 Å². The number of nitrogens with two attached hydrogens (primary N) is 1. The van der Waals surface area contributed by atoms with Crippen molar-refractivity contribution in [3.05, 3.63) is 71.9 Å². The van der Waals surface area contributed by atoms with Crippen molar-refractivity contribution in [3.8, 4) is 22.7 Å². The van der Waals surface area contributed by atoms with E-state index in [1.54, 1.807) is 39.6 Å². The van der Waals surface area contributed by atoms with Crippen LogP contribution in [0.1, 0.15) is 52.1 Å². The Balaban J connectivity index is 1.08. The molecule has 1 aromatic carbocycles. The summed E-state index contributed by atoms with van der Waals surface area (Å²) in [5.41, 5.74) is 10.7. The second-order valence-electron chi connectivity index (χ2n) is 10.5. The molecule has 12 heteroatoms. The zero-order valence-corrected chi connectivity index (χ0v) is 23.1. The largest absolute Gasteiger partial charge is 0.474 e. The minimum absolute atomic E-state index is 0.00647. The summed E-state index contributed by atoms with van der Waals surface area (Å²) in [6.07, 6.45) is 9.78. The molecule has 0 aliphatic heterocycles. The van der Waals surface area contributed by atoms with Crippen molar-refractivity contribution in [1.29, 1.82) is 0 Å². The van der Waals surface area contributed by atoms with E-state index in [0.717, 1.165) is 40.7 Å². The van der Waals surface area contributed by atoms with E-state index < -0.39 is 5.91 Å². The number of amides is 2. The number of aryl methyl sites for hydroxylation is 2. The molecule has 2 amide bonds. The molecule has 4 heterocycles. The maximum absolute atomic E-state index is 13.2. The Kier molecular flexibility index (Phi) is 6.73. The van der Waals surface area contributed by atoms with Crippen molar-refractivity contribution < 1.29 is 14.3 Å². The number of ether oxygens (including phenoxy) is 1. The third-order valence-corrected chi connectivity index (χ3v) is 7.63. The molecular weight excluding hydrogens is 522 g/mol. The smallest absolute Gasteiger partial charge is 0.254 e. The number of nitrogens with zero attached hydrogens (tertiary/aromatic N) is 7. The standard InChI is InChI=1S/C29H31N9O3/c1-17-25(15-33-38(17)22-8-4-18(5-9-22)20-14-31-36(2)16-20)28(40)34-21-6-10-23(11-7-21)41-29-24(26(30)39)12-19-13-32-37(3)27(19)35-29/h4-5,8-9,12-16,21,23H,6-7,10-11H2,1-3H3,(H2,30,39)(H,34,40). The van der Waals surface area contributed by atoms with Gasteiger partial charge in [0.25, 0.3) is 11.8 Å². The van der Waals surface area contributed by atoms with E-state index in [-0.39, 0.29) is 29.5 Å². The average Bonchev–Trinajstić information content (AvgIpc) is 3.68. The van der Waals surface area contributed by atoms with Crippen LogP contribution in [0.15, 0.2) is 55.1 Å². The Hall–Kier alpha value is -5.00. The van der Waals surface area contributed by atoms with Crippen LogP contribution >= 0.6 is 0 Å². The third-order valence-electron chi connectivity index (χ3n) is 7.63. The molecule has 0 radical (unpaired) electrons. The van der Waals surface area contributed by atoms with Crippen LogP contribution in [0, 0.1) is 6.92 Å². The second-order valence-corrected chi connectivity index (χ2v) is 10.5. The highest BCUT2D eigenvalue weighted by Gasteiger charge is 2.27. The fraction of sp³-hybridized carbons (Fsp3) is 0.310. The molecule has 1 aliphatic carbocycles. The number of carbonyl (C=O) groups is 2. The van der Waals surface area contributed by atoms with Crippen LogP contribution in [0.3, 0.4) is 0 Å². The van der Waals surface area contributed by atoms with Crippen molar-refractivity contribution in [2.75, 3.05) is 0 Å². The number of nitrogens with one attached hydrogen (secondary N) is 1. The zero-order chi connectivity index (χ0) is 28.7. The molecule has 41 heavy (non-hydrogen) atoms. The van der Waals surface area contributed by atoms with Gasteiger partial charge in [0, 0.05) is 37.3 Å². The molecule has 3 N–H and O–H groups in total. The number of pyridine rings is 1. The van der Waals surface area contributed by atoms with Crippen molar-refractivity contribution >= 4 is 22.8 Å². The van der Waals surface area contributed by atoms with Crippen LogP contribution in [-0.2, 0) is 14.1 Å². The van der Waals surface area contributed by atoms with Gasteiger partial charge in [0.15, 0.2) is 5.65 Å². The fourth-order valence-corrected chi connectivity index (χ4v) is 5.33. The van der Waals surface area contributed by atoms with Gasteiger partial charge in [-0.2, -0.15) is 20.3 Å². The average molecular weight is 554 g/mol. The Labute approximate surface area is 236 Å². The highest BCUT2D eigenvalue weighted by Crippen LogP contribution is 2.28. The first kappa shape index (κ1) is 26.2. The predicted molar refractivity (Wildman–Crippen MR) is 152 cm³/mol. The quantitative estimate of drug-likeness (QED) is 0.315. The van der Waals surface area contributed by atoms with Crippen LogP contribution in [0.5, 0.6) is 5.88 Å². The Morgan fingerprint density at radius 3 is 2.39 bits per heavy atom. The highest BCUT2D eigenvalue weighted by molar-refractivity contribution is 5.98. The van der Waals surface area contributed by atoms with Crippen LogP contribution in [0.2, 0.25) is 0 Å². The Morgan fingerprint density at radius 1 is 0.951 bits per heavy atom. The van der Waals surface area contributed by atoms with Crippen molar-refractivity contribution in [2.24, 2.45) is 19.8 Å². The van der Waals surface area contributed by atoms with E-state index in [1.165, 1.54) is 0 Å². The number of fused-ring (bicyclic) bond motifs is 1. The van der Waals surface area contributed by atoms with Gasteiger partial charge in [-0.25, -0.2) is 4.68 Å². The molecule has 5 aromatic rings. The SMILES string of the molecule is Cc1c(C(=O)NC2CCC(Oc3nc4c(cnn4C)cc3C(N)=O)CC2)cnn1-c1ccc(-c2cnn(C)c2)cc1. The first-order valence-electron chi connectivity index (χ1n) is 13.5. The summed E-state index contributed by atoms with van der Waals surface area (Å²) in [7, 11) is 3.67. The second kappa shape index (κ2) is 10.5. The number of rotatable bonds is 7. The lowest BCUT2D eigenvalue weighted by molar-refractivity contribution is 0.0881. The summed E-state index contributed by atoms with van der Waals surface area (Å²) in [6.45, 7) is 1.89. The molecule has 0 atom stereocenters. The van der Waals surface area contributed by atoms with E-state index in [4.69, 9.17) is 10.5 Å². The Bertz CT molecular complexity index is 1740. The highest BCUT2D eigenvalue weighted by atomic mass is 16.5. The number of hydrogen-bond donors (Lipinski definition) is 2. The molecule has 0 spiro atoms. The topological polar surface area (TPSA) is 148 Å². The molecule has 0 saturated heterocycles. The van der Waals surface area contributed by atoms with Crippen molar-refractivity contribution in [3.63, 3.8) is 0 Å². The monoisotopic (exact) mass is 553 g/mol. The first-order valence-corrected chi connectivity index (χ1v) is 13.5. The molecule has 4 aromatic heterocycles. The third kappa shape index (κ3) is 5.15. The van der Waals surface area contributed by atoms with Gasteiger partial charge in [-0.05, 0) is 56.4 Å². The predicted octanol–water partition coefficient (Wildman–Crippen LogP) is 3.08. The Morgan fingerprint density at radius 2 is 1.71 bits per heavy atom. The number of hydrogen-bond acceptors (Lipinski definition) is 7. The van der Waals surface area contributed by atoms with Crippen LogP contribution in [0.4, 0.5) is 0 Å². The van der Waals surface area contributed by atoms with Gasteiger partial charge in [-0.15, -0.1) is 0 Å². The van der Waals surface area contributed by atoms with Gasteiger partial charge in [0.2, 0.25) is 5.88 Å². The molecule has 1 aliphatic rings. The lowest BCUT2D eigenvalue weighted by Crippen LogP contribution is -2.40. The van der Waals surface area contributed by atoms with Crippen LogP contribution in [-0.4, -0.2) is 58.3 Å². The van der Waals surface area contributed by atoms with Gasteiger partial charge in [-0.3, -0.25) is 19.0 Å². The molecule has 210 valence electrons. The lowest BCUT2D eigenvalue weighted by Gasteiger charge is -2.29. The van der Waals surface area contributed by atoms with Crippen molar-refractivity contribution in [1.82, 2.24) is 39.6 Å². The lowest BCUT2D eigenvalue weighted by atomic mass is 9.92. The molecular formula is C29H31N9O3. The van der Waals surface area contributed by atoms with Gasteiger partial charge in [0.05, 0.1) is 35.5 Å². The van der Waals surface area contributed by atoms with Gasteiger partial charge in [-0.1, -0.05) is 12.1 Å². The maximum Gasteiger partial charge on any atom is 0.254 e. The number of aromatic nitrogens is 7. The van der Waals surface area contributed by atoms with Crippen LogP contribution in [0.25, 0.3) is 27.8 Å². The molecule has 0 unspecified atom stereocenters. The van der Waals surface area contributed by atoms with Gasteiger partial charge >= 0.3 is 0 Å². The normalized spacial score (nSPS) is 17.0. The molecule has 12 nitrogen and oxygen atoms in total. The summed E-state index contributed by atoms with van der Waals surface area (Å²) in [5, 5.41) is 16.8. The molecule has 6 rings (SSSR count). The number of benzene rings is 1. The summed E-state index contributed by atoms with van der Waals surface area (Å²) >= 11 is 0. The van der Waals surface area contributed by atoms with Gasteiger partial charge in [0.1, 0.15) is 11.7 Å². The minimum atomic E-state index is -0.598. The van der Waals surface area contributed by atoms with Gasteiger partial charge < -0.3 is 15.8 Å².